The number of imidazole rings is 1. The number of carbonyl (C=O) groups excluding carboxylic acids is 2. The Labute approximate surface area is 178 Å². The smallest absolute Gasteiger partial charge is 0.410 e. The molecule has 2 aromatic rings. The SMILES string of the molecule is CN(CCCC(=O)N1CCN(Cc2cn3ccccc3n2)CC1)C(=O)OC(C)(C)C. The number of nitrogens with zero attached hydrogens (tertiary/aromatic N) is 5. The number of hydrogen-bond donors (Lipinski definition) is 0. The zero-order valence-electron chi connectivity index (χ0n) is 18.5. The Hall–Kier alpha value is -2.61. The van der Waals surface area contributed by atoms with Crippen LogP contribution in [0.3, 0.4) is 0 Å². The summed E-state index contributed by atoms with van der Waals surface area (Å²) in [5.41, 5.74) is 1.49. The molecule has 0 aromatic carbocycles. The highest BCUT2D eigenvalue weighted by Crippen LogP contribution is 2.12. The van der Waals surface area contributed by atoms with E-state index in [4.69, 9.17) is 4.74 Å². The van der Waals surface area contributed by atoms with Crippen molar-refractivity contribution in [1.29, 1.82) is 0 Å². The molecule has 0 spiro atoms. The molecule has 0 aliphatic carbocycles. The van der Waals surface area contributed by atoms with Crippen molar-refractivity contribution in [2.75, 3.05) is 39.8 Å². The summed E-state index contributed by atoms with van der Waals surface area (Å²) in [6.45, 7) is 9.99. The second-order valence-electron chi connectivity index (χ2n) is 8.86. The molecule has 0 bridgehead atoms. The van der Waals surface area contributed by atoms with Crippen molar-refractivity contribution in [3.63, 3.8) is 0 Å². The molecular formula is C22H33N5O3. The highest BCUT2D eigenvalue weighted by atomic mass is 16.6. The summed E-state index contributed by atoms with van der Waals surface area (Å²) in [4.78, 5) is 34.9. The Morgan fingerprint density at radius 3 is 2.57 bits per heavy atom. The average Bonchev–Trinajstić information content (AvgIpc) is 3.09. The molecule has 3 heterocycles. The number of pyridine rings is 1. The predicted molar refractivity (Wildman–Crippen MR) is 115 cm³/mol. The Balaban J connectivity index is 1.37. The summed E-state index contributed by atoms with van der Waals surface area (Å²) >= 11 is 0. The van der Waals surface area contributed by atoms with Crippen LogP contribution in [-0.2, 0) is 16.1 Å². The van der Waals surface area contributed by atoms with Gasteiger partial charge in [0.1, 0.15) is 11.2 Å². The van der Waals surface area contributed by atoms with Gasteiger partial charge in [0.05, 0.1) is 5.69 Å². The number of ether oxygens (including phenoxy) is 1. The highest BCUT2D eigenvalue weighted by Gasteiger charge is 2.23. The van der Waals surface area contributed by atoms with Crippen molar-refractivity contribution in [1.82, 2.24) is 24.1 Å². The van der Waals surface area contributed by atoms with Crippen LogP contribution in [0.2, 0.25) is 0 Å². The third-order valence-electron chi connectivity index (χ3n) is 5.11. The van der Waals surface area contributed by atoms with E-state index in [0.29, 0.717) is 19.4 Å². The number of piperazine rings is 1. The first-order valence-corrected chi connectivity index (χ1v) is 10.6. The van der Waals surface area contributed by atoms with Crippen molar-refractivity contribution >= 4 is 17.6 Å². The van der Waals surface area contributed by atoms with E-state index in [1.54, 1.807) is 7.05 Å². The monoisotopic (exact) mass is 415 g/mol. The topological polar surface area (TPSA) is 70.4 Å². The van der Waals surface area contributed by atoms with Crippen molar-refractivity contribution in [2.45, 2.75) is 45.8 Å². The molecule has 30 heavy (non-hydrogen) atoms. The largest absolute Gasteiger partial charge is 0.444 e. The minimum absolute atomic E-state index is 0.153. The van der Waals surface area contributed by atoms with Crippen LogP contribution in [-0.4, -0.2) is 81.5 Å². The van der Waals surface area contributed by atoms with Gasteiger partial charge < -0.3 is 18.9 Å². The van der Waals surface area contributed by atoms with E-state index < -0.39 is 5.60 Å². The lowest BCUT2D eigenvalue weighted by Crippen LogP contribution is -2.48. The fourth-order valence-electron chi connectivity index (χ4n) is 3.50. The summed E-state index contributed by atoms with van der Waals surface area (Å²) in [7, 11) is 1.71. The van der Waals surface area contributed by atoms with E-state index in [0.717, 1.165) is 44.1 Å². The lowest BCUT2D eigenvalue weighted by atomic mass is 10.2. The quantitative estimate of drug-likeness (QED) is 0.725. The van der Waals surface area contributed by atoms with E-state index in [1.165, 1.54) is 4.90 Å². The lowest BCUT2D eigenvalue weighted by Gasteiger charge is -2.34. The van der Waals surface area contributed by atoms with Crippen LogP contribution in [0.25, 0.3) is 5.65 Å². The summed E-state index contributed by atoms with van der Waals surface area (Å²) in [6.07, 6.45) is 4.79. The minimum Gasteiger partial charge on any atom is -0.444 e. The molecule has 1 fully saturated rings. The Morgan fingerprint density at radius 2 is 1.90 bits per heavy atom. The molecule has 1 saturated heterocycles. The predicted octanol–water partition coefficient (Wildman–Crippen LogP) is 2.63. The van der Waals surface area contributed by atoms with Crippen LogP contribution in [0.4, 0.5) is 4.79 Å². The van der Waals surface area contributed by atoms with Crippen LogP contribution in [0.1, 0.15) is 39.3 Å². The minimum atomic E-state index is -0.510. The van der Waals surface area contributed by atoms with Crippen LogP contribution in [0, 0.1) is 0 Å². The van der Waals surface area contributed by atoms with E-state index in [9.17, 15) is 9.59 Å². The summed E-state index contributed by atoms with van der Waals surface area (Å²) in [6, 6.07) is 5.98. The maximum atomic E-state index is 12.5. The molecule has 0 unspecified atom stereocenters. The normalized spacial score (nSPS) is 15.4. The van der Waals surface area contributed by atoms with Gasteiger partial charge in [-0.3, -0.25) is 9.69 Å². The summed E-state index contributed by atoms with van der Waals surface area (Å²) in [5.74, 6) is 0.153. The number of rotatable bonds is 6. The molecule has 0 radical (unpaired) electrons. The van der Waals surface area contributed by atoms with Crippen LogP contribution >= 0.6 is 0 Å². The Morgan fingerprint density at radius 1 is 1.17 bits per heavy atom. The van der Waals surface area contributed by atoms with Crippen molar-refractivity contribution in [3.05, 3.63) is 36.3 Å². The Kier molecular flexibility index (Phi) is 6.97. The first-order valence-electron chi connectivity index (χ1n) is 10.6. The number of carbonyl (C=O) groups is 2. The molecule has 1 aliphatic rings. The van der Waals surface area contributed by atoms with Gasteiger partial charge in [-0.25, -0.2) is 9.78 Å². The van der Waals surface area contributed by atoms with Gasteiger partial charge in [0.25, 0.3) is 0 Å². The van der Waals surface area contributed by atoms with Gasteiger partial charge in [-0.05, 0) is 39.3 Å². The molecular weight excluding hydrogens is 382 g/mol. The third-order valence-corrected chi connectivity index (χ3v) is 5.11. The van der Waals surface area contributed by atoms with Gasteiger partial charge in [0.2, 0.25) is 5.91 Å². The first kappa shape index (κ1) is 22.1. The molecule has 2 aromatic heterocycles. The van der Waals surface area contributed by atoms with Gasteiger partial charge >= 0.3 is 6.09 Å². The second kappa shape index (κ2) is 9.47. The van der Waals surface area contributed by atoms with Gasteiger partial charge in [-0.15, -0.1) is 0 Å². The van der Waals surface area contributed by atoms with Crippen molar-refractivity contribution < 1.29 is 14.3 Å². The number of aromatic nitrogens is 2. The standard InChI is InChI=1S/C22H33N5O3/c1-22(2,3)30-21(29)24(4)10-7-9-20(28)26-14-12-25(13-15-26)16-18-17-27-11-6-5-8-19(27)23-18/h5-6,8,11,17H,7,9-10,12-16H2,1-4H3. The fraction of sp³-hybridized carbons (Fsp3) is 0.591. The van der Waals surface area contributed by atoms with E-state index in [1.807, 2.05) is 54.5 Å². The fourth-order valence-corrected chi connectivity index (χ4v) is 3.50. The third kappa shape index (κ3) is 6.19. The molecule has 8 nitrogen and oxygen atoms in total. The molecule has 2 amide bonds. The average molecular weight is 416 g/mol. The molecule has 0 saturated carbocycles. The molecule has 1 aliphatic heterocycles. The van der Waals surface area contributed by atoms with Crippen molar-refractivity contribution in [2.24, 2.45) is 0 Å². The molecule has 3 rings (SSSR count). The van der Waals surface area contributed by atoms with E-state index in [2.05, 4.69) is 16.1 Å². The van der Waals surface area contributed by atoms with Crippen LogP contribution < -0.4 is 0 Å². The number of amides is 2. The van der Waals surface area contributed by atoms with Crippen LogP contribution in [0.5, 0.6) is 0 Å². The van der Waals surface area contributed by atoms with E-state index >= 15 is 0 Å². The van der Waals surface area contributed by atoms with Gasteiger partial charge in [0, 0.05) is 65.1 Å². The van der Waals surface area contributed by atoms with Gasteiger partial charge in [-0.2, -0.15) is 0 Å². The Bertz CT molecular complexity index is 832. The molecule has 0 N–H and O–H groups in total. The zero-order valence-corrected chi connectivity index (χ0v) is 18.5. The van der Waals surface area contributed by atoms with Crippen molar-refractivity contribution in [3.8, 4) is 0 Å². The summed E-state index contributed by atoms with van der Waals surface area (Å²) < 4.78 is 7.36. The van der Waals surface area contributed by atoms with Crippen LogP contribution in [0.15, 0.2) is 30.6 Å². The zero-order chi connectivity index (χ0) is 21.7. The molecule has 164 valence electrons. The molecule has 0 atom stereocenters. The maximum Gasteiger partial charge on any atom is 0.410 e. The highest BCUT2D eigenvalue weighted by molar-refractivity contribution is 5.76. The maximum absolute atomic E-state index is 12.5. The molecule has 8 heteroatoms. The summed E-state index contributed by atoms with van der Waals surface area (Å²) in [5, 5.41) is 0. The lowest BCUT2D eigenvalue weighted by molar-refractivity contribution is -0.133. The van der Waals surface area contributed by atoms with E-state index in [-0.39, 0.29) is 12.0 Å². The number of fused-ring (bicyclic) bond motifs is 1. The van der Waals surface area contributed by atoms with Gasteiger partial charge in [-0.1, -0.05) is 6.07 Å². The second-order valence-corrected chi connectivity index (χ2v) is 8.86. The first-order chi connectivity index (χ1) is 14.2. The number of hydrogen-bond acceptors (Lipinski definition) is 5. The van der Waals surface area contributed by atoms with Gasteiger partial charge in [0.15, 0.2) is 0 Å².